The van der Waals surface area contributed by atoms with E-state index in [1.807, 2.05) is 18.2 Å². The van der Waals surface area contributed by atoms with Crippen LogP contribution in [0.25, 0.3) is 0 Å². The molecule has 0 spiro atoms. The lowest BCUT2D eigenvalue weighted by Gasteiger charge is -2.40. The fraction of sp³-hybridized carbons (Fsp3) is 0.758. The van der Waals surface area contributed by atoms with Crippen molar-refractivity contribution in [2.45, 2.75) is 121 Å². The molecule has 10 atom stereocenters. The Labute approximate surface area is 293 Å². The molecule has 2 fully saturated rings. The Morgan fingerprint density at radius 1 is 0.960 bits per heavy atom. The number of unbranched alkanes of at least 4 members (excludes halogenated alkanes) is 1. The quantitative estimate of drug-likeness (QED) is 0.0784. The summed E-state index contributed by atoms with van der Waals surface area (Å²) in [6.07, 6.45) is -6.33. The molecule has 50 heavy (non-hydrogen) atoms. The monoisotopic (exact) mass is 735 g/mol. The van der Waals surface area contributed by atoms with E-state index in [0.717, 1.165) is 5.56 Å². The predicted octanol–water partition coefficient (Wildman–Crippen LogP) is 2.58. The largest absolute Gasteiger partial charge is 0.508 e. The first-order chi connectivity index (χ1) is 23.6. The maximum Gasteiger partial charge on any atom is 0.508 e. The fourth-order valence-corrected chi connectivity index (χ4v) is 6.93. The molecule has 2 aliphatic heterocycles. The number of hydrogen-bond acceptors (Lipinski definition) is 14. The van der Waals surface area contributed by atoms with Gasteiger partial charge in [0, 0.05) is 32.6 Å². The minimum Gasteiger partial charge on any atom is -0.431 e. The van der Waals surface area contributed by atoms with Crippen LogP contribution in [-0.4, -0.2) is 120 Å². The molecule has 0 saturated carbocycles. The van der Waals surface area contributed by atoms with Gasteiger partial charge in [0.25, 0.3) is 0 Å². The van der Waals surface area contributed by atoms with Gasteiger partial charge in [-0.15, -0.1) is 0 Å². The highest BCUT2D eigenvalue weighted by molar-refractivity contribution is 7.47. The zero-order valence-electron chi connectivity index (χ0n) is 29.4. The van der Waals surface area contributed by atoms with E-state index >= 15 is 0 Å². The molecule has 0 aliphatic carbocycles. The van der Waals surface area contributed by atoms with Crippen molar-refractivity contribution >= 4 is 19.9 Å². The third-order valence-corrected chi connectivity index (χ3v) is 9.43. The summed E-state index contributed by atoms with van der Waals surface area (Å²) in [4.78, 5) is 35.2. The molecule has 16 nitrogen and oxygen atoms in total. The molecule has 2 heterocycles. The molecule has 0 bridgehead atoms. The molecule has 1 amide bonds. The topological polar surface area (TPSA) is 218 Å². The average molecular weight is 736 g/mol. The number of phosphoric acid groups is 1. The molecule has 17 heteroatoms. The van der Waals surface area contributed by atoms with Gasteiger partial charge >= 0.3 is 14.0 Å². The Balaban J connectivity index is 1.44. The minimum absolute atomic E-state index is 0.00347. The highest BCUT2D eigenvalue weighted by Gasteiger charge is 2.50. The van der Waals surface area contributed by atoms with Gasteiger partial charge in [0.1, 0.15) is 43.7 Å². The molecule has 2 aliphatic rings. The summed E-state index contributed by atoms with van der Waals surface area (Å²) in [7, 11) is -3.19. The molecule has 0 aromatic heterocycles. The van der Waals surface area contributed by atoms with Crippen LogP contribution in [0, 0.1) is 5.92 Å². The third-order valence-electron chi connectivity index (χ3n) is 8.14. The zero-order chi connectivity index (χ0) is 36.9. The van der Waals surface area contributed by atoms with Crippen LogP contribution in [0.5, 0.6) is 0 Å². The van der Waals surface area contributed by atoms with E-state index in [1.165, 1.54) is 7.11 Å². The first-order valence-corrected chi connectivity index (χ1v) is 18.4. The Hall–Kier alpha value is -2.21. The molecule has 1 aromatic carbocycles. The van der Waals surface area contributed by atoms with Crippen molar-refractivity contribution in [3.63, 3.8) is 0 Å². The summed E-state index contributed by atoms with van der Waals surface area (Å²) in [5, 5.41) is 32.3. The van der Waals surface area contributed by atoms with E-state index in [4.69, 9.17) is 37.5 Å². The molecular weight excluding hydrogens is 681 g/mol. The van der Waals surface area contributed by atoms with E-state index in [2.05, 4.69) is 5.32 Å². The Bertz CT molecular complexity index is 1220. The maximum absolute atomic E-state index is 12.9. The number of aliphatic hydroxyl groups excluding tert-OH is 3. The number of aliphatic hydroxyl groups is 3. The smallest absolute Gasteiger partial charge is 0.431 e. The number of carbonyl (C=O) groups excluding carboxylic acids is 2. The number of ether oxygens (including phenoxy) is 6. The standard InChI is InChI=1S/C33H54NO15P/c1-21-27(37)28(38)24(18-35)47-31(21)43-17-10-9-15-26(36)34-16-11-14-23-29(42-5)30(48-50(40,41)49-33(2,3)4)25(46-23)20-45-32(39)44-19-22-12-7-6-8-13-22/h6-8,12-13,21,23-25,27-31,35,37-38H,9-11,14-20H2,1-5H3,(H,34,36)(H,40,41)/t21-,23+,24-,25-,27-,28+,29-,30?,31-/m1/s1. The van der Waals surface area contributed by atoms with E-state index in [1.54, 1.807) is 39.8 Å². The number of rotatable bonds is 19. The molecule has 2 unspecified atom stereocenters. The zero-order valence-corrected chi connectivity index (χ0v) is 30.3. The van der Waals surface area contributed by atoms with Crippen LogP contribution in [0.2, 0.25) is 0 Å². The van der Waals surface area contributed by atoms with Gasteiger partial charge in [0.2, 0.25) is 5.91 Å². The highest BCUT2D eigenvalue weighted by Crippen LogP contribution is 2.51. The summed E-state index contributed by atoms with van der Waals surface area (Å²) in [6.45, 7) is 6.29. The SMILES string of the molecule is CO[C@H]1C(OP(=O)(O)OC(C)(C)C)[C@@H](COC(=O)OCc2ccccc2)O[C@H]1CCCNC(=O)CCCCO[C@@H]1O[C@H](CO)[C@H](O)[C@H](O)[C@H]1C. The number of methoxy groups -OCH3 is 1. The third kappa shape index (κ3) is 13.7. The van der Waals surface area contributed by atoms with Crippen LogP contribution >= 0.6 is 7.82 Å². The van der Waals surface area contributed by atoms with E-state index in [9.17, 15) is 34.4 Å². The van der Waals surface area contributed by atoms with Crippen molar-refractivity contribution in [2.24, 2.45) is 5.92 Å². The molecule has 3 rings (SSSR count). The van der Waals surface area contributed by atoms with Crippen molar-refractivity contribution < 1.29 is 71.8 Å². The van der Waals surface area contributed by atoms with Crippen molar-refractivity contribution in [2.75, 3.05) is 33.5 Å². The number of benzene rings is 1. The normalized spacial score (nSPS) is 29.7. The van der Waals surface area contributed by atoms with Crippen LogP contribution in [0.1, 0.15) is 65.4 Å². The van der Waals surface area contributed by atoms with Crippen molar-refractivity contribution in [3.05, 3.63) is 35.9 Å². The molecular formula is C33H54NO15P. The van der Waals surface area contributed by atoms with Crippen LogP contribution < -0.4 is 5.32 Å². The molecule has 286 valence electrons. The second kappa shape index (κ2) is 20.1. The van der Waals surface area contributed by atoms with Crippen LogP contribution in [0.3, 0.4) is 0 Å². The van der Waals surface area contributed by atoms with Crippen molar-refractivity contribution in [3.8, 4) is 0 Å². The summed E-state index contributed by atoms with van der Waals surface area (Å²) in [6, 6.07) is 9.04. The molecule has 0 radical (unpaired) electrons. The lowest BCUT2D eigenvalue weighted by Crippen LogP contribution is -2.55. The van der Waals surface area contributed by atoms with Crippen molar-refractivity contribution in [1.82, 2.24) is 5.32 Å². The van der Waals surface area contributed by atoms with Crippen LogP contribution in [0.15, 0.2) is 30.3 Å². The first kappa shape index (κ1) is 42.2. The fourth-order valence-electron chi connectivity index (χ4n) is 5.63. The number of hydrogen-bond donors (Lipinski definition) is 5. The summed E-state index contributed by atoms with van der Waals surface area (Å²) in [5.74, 6) is -0.655. The van der Waals surface area contributed by atoms with Gasteiger partial charge in [-0.05, 0) is 52.0 Å². The first-order valence-electron chi connectivity index (χ1n) is 16.9. The van der Waals surface area contributed by atoms with E-state index < -0.39 is 81.1 Å². The molecule has 5 N–H and O–H groups in total. The average Bonchev–Trinajstić information content (AvgIpc) is 3.38. The molecule has 1 aromatic rings. The van der Waals surface area contributed by atoms with Gasteiger partial charge in [0.15, 0.2) is 6.29 Å². The highest BCUT2D eigenvalue weighted by atomic mass is 31.2. The number of carbonyl (C=O) groups is 2. The summed E-state index contributed by atoms with van der Waals surface area (Å²) >= 11 is 0. The van der Waals surface area contributed by atoms with Gasteiger partial charge in [-0.3, -0.25) is 13.8 Å². The lowest BCUT2D eigenvalue weighted by molar-refractivity contribution is -0.282. The van der Waals surface area contributed by atoms with Crippen molar-refractivity contribution in [1.29, 1.82) is 0 Å². The van der Waals surface area contributed by atoms with Crippen LogP contribution in [0.4, 0.5) is 4.79 Å². The second-order valence-electron chi connectivity index (χ2n) is 13.4. The predicted molar refractivity (Wildman–Crippen MR) is 177 cm³/mol. The van der Waals surface area contributed by atoms with E-state index in [-0.39, 0.29) is 32.1 Å². The maximum atomic E-state index is 12.9. The summed E-state index contributed by atoms with van der Waals surface area (Å²) < 4.78 is 57.1. The Morgan fingerprint density at radius 3 is 2.34 bits per heavy atom. The van der Waals surface area contributed by atoms with Gasteiger partial charge < -0.3 is 54.0 Å². The lowest BCUT2D eigenvalue weighted by atomic mass is 9.92. The molecule has 2 saturated heterocycles. The number of amides is 1. The Kier molecular flexibility index (Phi) is 17.0. The van der Waals surface area contributed by atoms with Crippen LogP contribution in [-0.2, 0) is 53.4 Å². The summed E-state index contributed by atoms with van der Waals surface area (Å²) in [5.41, 5.74) is -0.227. The second-order valence-corrected chi connectivity index (χ2v) is 14.7. The van der Waals surface area contributed by atoms with Gasteiger partial charge in [0.05, 0.1) is 24.4 Å². The van der Waals surface area contributed by atoms with Gasteiger partial charge in [-0.1, -0.05) is 37.3 Å². The van der Waals surface area contributed by atoms with Gasteiger partial charge in [-0.2, -0.15) is 0 Å². The minimum atomic E-state index is -4.60. The Morgan fingerprint density at radius 2 is 1.68 bits per heavy atom. The number of nitrogens with one attached hydrogen (secondary N) is 1. The van der Waals surface area contributed by atoms with E-state index in [0.29, 0.717) is 32.2 Å². The number of phosphoric ester groups is 1. The van der Waals surface area contributed by atoms with Gasteiger partial charge in [-0.25, -0.2) is 9.36 Å².